The van der Waals surface area contributed by atoms with E-state index in [1.54, 1.807) is 7.11 Å². The van der Waals surface area contributed by atoms with E-state index in [4.69, 9.17) is 4.74 Å². The lowest BCUT2D eigenvalue weighted by molar-refractivity contribution is 0.254. The number of nitrogens with zero attached hydrogens (tertiary/aromatic N) is 1. The summed E-state index contributed by atoms with van der Waals surface area (Å²) < 4.78 is 5.31. The minimum Gasteiger partial charge on any atom is -0.497 e. The number of rotatable bonds is 5. The third-order valence-corrected chi connectivity index (χ3v) is 4.72. The van der Waals surface area contributed by atoms with Crippen molar-refractivity contribution in [2.75, 3.05) is 13.7 Å². The van der Waals surface area contributed by atoms with E-state index in [0.717, 1.165) is 17.8 Å². The predicted molar refractivity (Wildman–Crippen MR) is 82.1 cm³/mol. The average Bonchev–Trinajstić information content (AvgIpc) is 3.23. The van der Waals surface area contributed by atoms with Gasteiger partial charge in [-0.2, -0.15) is 0 Å². The molecule has 1 saturated carbocycles. The molecule has 0 bridgehead atoms. The summed E-state index contributed by atoms with van der Waals surface area (Å²) in [4.78, 5) is 2.69. The van der Waals surface area contributed by atoms with Gasteiger partial charge in [-0.15, -0.1) is 0 Å². The van der Waals surface area contributed by atoms with Gasteiger partial charge in [0.15, 0.2) is 0 Å². The first kappa shape index (κ1) is 13.9. The van der Waals surface area contributed by atoms with Crippen LogP contribution in [-0.4, -0.2) is 36.7 Å². The topological polar surface area (TPSA) is 24.5 Å². The Morgan fingerprint density at radius 2 is 2.15 bits per heavy atom. The van der Waals surface area contributed by atoms with Crippen molar-refractivity contribution < 1.29 is 4.74 Å². The predicted octanol–water partition coefficient (Wildman–Crippen LogP) is 2.97. The highest BCUT2D eigenvalue weighted by Gasteiger charge is 2.38. The summed E-state index contributed by atoms with van der Waals surface area (Å²) in [6.45, 7) is 5.83. The van der Waals surface area contributed by atoms with Crippen LogP contribution in [0, 0.1) is 0 Å². The molecule has 110 valence electrons. The highest BCUT2D eigenvalue weighted by atomic mass is 16.5. The highest BCUT2D eigenvalue weighted by molar-refractivity contribution is 5.30. The van der Waals surface area contributed by atoms with Crippen molar-refractivity contribution in [1.29, 1.82) is 0 Å². The fraction of sp³-hybridized carbons (Fsp3) is 0.647. The molecule has 1 aliphatic heterocycles. The molecule has 1 aliphatic carbocycles. The van der Waals surface area contributed by atoms with Crippen molar-refractivity contribution in [2.45, 2.75) is 57.3 Å². The smallest absolute Gasteiger partial charge is 0.119 e. The van der Waals surface area contributed by atoms with E-state index in [1.807, 2.05) is 6.07 Å². The van der Waals surface area contributed by atoms with E-state index < -0.39 is 0 Å². The summed E-state index contributed by atoms with van der Waals surface area (Å²) in [7, 11) is 1.73. The average molecular weight is 274 g/mol. The third kappa shape index (κ3) is 2.99. The molecule has 0 aromatic heterocycles. The summed E-state index contributed by atoms with van der Waals surface area (Å²) >= 11 is 0. The van der Waals surface area contributed by atoms with Crippen molar-refractivity contribution in [1.82, 2.24) is 10.2 Å². The van der Waals surface area contributed by atoms with Crippen LogP contribution in [0.2, 0.25) is 0 Å². The number of ether oxygens (including phenoxy) is 1. The normalized spacial score (nSPS) is 28.6. The zero-order valence-electron chi connectivity index (χ0n) is 12.8. The van der Waals surface area contributed by atoms with Crippen LogP contribution < -0.4 is 10.1 Å². The zero-order valence-corrected chi connectivity index (χ0v) is 12.8. The second-order valence-electron chi connectivity index (χ2n) is 6.37. The number of methoxy groups -OCH3 is 1. The van der Waals surface area contributed by atoms with Gasteiger partial charge in [0, 0.05) is 30.7 Å². The Bertz CT molecular complexity index is 458. The van der Waals surface area contributed by atoms with E-state index in [1.165, 1.54) is 31.4 Å². The van der Waals surface area contributed by atoms with Crippen molar-refractivity contribution in [3.05, 3.63) is 29.8 Å². The van der Waals surface area contributed by atoms with E-state index in [0.29, 0.717) is 12.1 Å². The maximum Gasteiger partial charge on any atom is 0.119 e. The van der Waals surface area contributed by atoms with E-state index in [2.05, 4.69) is 42.3 Å². The van der Waals surface area contributed by atoms with Crippen molar-refractivity contribution in [3.63, 3.8) is 0 Å². The highest BCUT2D eigenvalue weighted by Crippen LogP contribution is 2.33. The van der Waals surface area contributed by atoms with Crippen LogP contribution >= 0.6 is 0 Å². The lowest BCUT2D eigenvalue weighted by Crippen LogP contribution is -2.35. The standard InChI is InChI=1S/C17H26N2O/c1-12-9-15(11-19(12)16-7-8-16)18-13(2)14-5-4-6-17(10-14)20-3/h4-6,10,12-13,15-16,18H,7-9,11H2,1-3H3. The number of hydrogen-bond acceptors (Lipinski definition) is 3. The Labute approximate surface area is 122 Å². The second-order valence-corrected chi connectivity index (χ2v) is 6.37. The minimum atomic E-state index is 0.376. The summed E-state index contributed by atoms with van der Waals surface area (Å²) in [5.74, 6) is 0.940. The number of hydrogen-bond donors (Lipinski definition) is 1. The number of likely N-dealkylation sites (tertiary alicyclic amines) is 1. The molecule has 1 aromatic carbocycles. The van der Waals surface area contributed by atoms with Gasteiger partial charge in [0.1, 0.15) is 5.75 Å². The molecule has 0 spiro atoms. The molecule has 0 radical (unpaired) electrons. The van der Waals surface area contributed by atoms with Gasteiger partial charge in [-0.25, -0.2) is 0 Å². The summed E-state index contributed by atoms with van der Waals surface area (Å²) in [5, 5.41) is 3.79. The first-order chi connectivity index (χ1) is 9.67. The Morgan fingerprint density at radius 1 is 1.35 bits per heavy atom. The fourth-order valence-corrected chi connectivity index (χ4v) is 3.45. The van der Waals surface area contributed by atoms with Gasteiger partial charge >= 0.3 is 0 Å². The molecular weight excluding hydrogens is 248 g/mol. The number of benzene rings is 1. The zero-order chi connectivity index (χ0) is 14.1. The lowest BCUT2D eigenvalue weighted by Gasteiger charge is -2.21. The minimum absolute atomic E-state index is 0.376. The molecule has 3 atom stereocenters. The Kier molecular flexibility index (Phi) is 3.99. The van der Waals surface area contributed by atoms with E-state index in [9.17, 15) is 0 Å². The quantitative estimate of drug-likeness (QED) is 0.893. The van der Waals surface area contributed by atoms with Gasteiger partial charge in [0.05, 0.1) is 7.11 Å². The van der Waals surface area contributed by atoms with Crippen molar-refractivity contribution in [2.24, 2.45) is 0 Å². The van der Waals surface area contributed by atoms with Crippen LogP contribution in [-0.2, 0) is 0 Å². The molecule has 3 unspecified atom stereocenters. The summed E-state index contributed by atoms with van der Waals surface area (Å²) in [6, 6.07) is 11.0. The molecule has 3 nitrogen and oxygen atoms in total. The molecule has 1 heterocycles. The van der Waals surface area contributed by atoms with Gasteiger partial charge in [0.25, 0.3) is 0 Å². The molecule has 2 fully saturated rings. The lowest BCUT2D eigenvalue weighted by atomic mass is 10.1. The molecule has 3 rings (SSSR count). The van der Waals surface area contributed by atoms with Crippen molar-refractivity contribution in [3.8, 4) is 5.75 Å². The van der Waals surface area contributed by atoms with Gasteiger partial charge in [-0.3, -0.25) is 4.90 Å². The van der Waals surface area contributed by atoms with Gasteiger partial charge in [-0.05, 0) is 50.8 Å². The fourth-order valence-electron chi connectivity index (χ4n) is 3.45. The van der Waals surface area contributed by atoms with Gasteiger partial charge in [-0.1, -0.05) is 12.1 Å². The molecule has 1 saturated heterocycles. The van der Waals surface area contributed by atoms with Crippen LogP contribution in [0.1, 0.15) is 44.7 Å². The summed E-state index contributed by atoms with van der Waals surface area (Å²) in [5.41, 5.74) is 1.31. The monoisotopic (exact) mass is 274 g/mol. The maximum absolute atomic E-state index is 5.31. The van der Waals surface area contributed by atoms with E-state index in [-0.39, 0.29) is 0 Å². The molecular formula is C17H26N2O. The Balaban J connectivity index is 1.59. The largest absolute Gasteiger partial charge is 0.497 e. The maximum atomic E-state index is 5.31. The second kappa shape index (κ2) is 5.74. The van der Waals surface area contributed by atoms with Crippen LogP contribution in [0.5, 0.6) is 5.75 Å². The molecule has 1 aromatic rings. The molecule has 0 amide bonds. The van der Waals surface area contributed by atoms with Crippen LogP contribution in [0.4, 0.5) is 0 Å². The van der Waals surface area contributed by atoms with Gasteiger partial charge in [0.2, 0.25) is 0 Å². The first-order valence-electron chi connectivity index (χ1n) is 7.83. The van der Waals surface area contributed by atoms with Crippen LogP contribution in [0.3, 0.4) is 0 Å². The summed E-state index contributed by atoms with van der Waals surface area (Å²) in [6.07, 6.45) is 4.08. The Hall–Kier alpha value is -1.06. The van der Waals surface area contributed by atoms with Crippen LogP contribution in [0.25, 0.3) is 0 Å². The molecule has 1 N–H and O–H groups in total. The molecule has 20 heavy (non-hydrogen) atoms. The number of nitrogens with one attached hydrogen (secondary N) is 1. The third-order valence-electron chi connectivity index (χ3n) is 4.72. The van der Waals surface area contributed by atoms with E-state index >= 15 is 0 Å². The molecule has 2 aliphatic rings. The van der Waals surface area contributed by atoms with Gasteiger partial charge < -0.3 is 10.1 Å². The molecule has 3 heteroatoms. The SMILES string of the molecule is COc1cccc(C(C)NC2CC(C)N(C3CC3)C2)c1. The van der Waals surface area contributed by atoms with Crippen LogP contribution in [0.15, 0.2) is 24.3 Å². The Morgan fingerprint density at radius 3 is 2.85 bits per heavy atom. The first-order valence-corrected chi connectivity index (χ1v) is 7.83. The van der Waals surface area contributed by atoms with Crippen molar-refractivity contribution >= 4 is 0 Å².